The molecule has 0 aliphatic carbocycles. The van der Waals surface area contributed by atoms with Crippen LogP contribution in [0.25, 0.3) is 0 Å². The topological polar surface area (TPSA) is 41.6 Å². The van der Waals surface area contributed by atoms with Crippen molar-refractivity contribution in [3.05, 3.63) is 0 Å². The van der Waals surface area contributed by atoms with E-state index >= 15 is 0 Å². The number of Topliss-reactive ketones (excluding diaryl/α,β-unsaturated/α-hetero) is 1. The second-order valence-electron chi connectivity index (χ2n) is 4.29. The van der Waals surface area contributed by atoms with E-state index in [-0.39, 0.29) is 17.9 Å². The predicted octanol–water partition coefficient (Wildman–Crippen LogP) is 0.929. The van der Waals surface area contributed by atoms with E-state index in [4.69, 9.17) is 11.3 Å². The van der Waals surface area contributed by atoms with Gasteiger partial charge in [-0.05, 0) is 33.2 Å². The van der Waals surface area contributed by atoms with E-state index in [9.17, 15) is 4.79 Å². The van der Waals surface area contributed by atoms with Crippen LogP contribution in [0.15, 0.2) is 0 Å². The first-order chi connectivity index (χ1) is 7.61. The summed E-state index contributed by atoms with van der Waals surface area (Å²) in [5.74, 6) is 0.234. The van der Waals surface area contributed by atoms with E-state index in [1.54, 1.807) is 6.92 Å². The zero-order chi connectivity index (χ0) is 12.1. The van der Waals surface area contributed by atoms with Gasteiger partial charge in [0.2, 0.25) is 0 Å². The number of hydrogen-bond acceptors (Lipinski definition) is 4. The van der Waals surface area contributed by atoms with E-state index in [0.717, 1.165) is 19.3 Å². The zero-order valence-electron chi connectivity index (χ0n) is 10.2. The number of carbonyl (C=O) groups excluding carboxylic acids is 1. The molecule has 1 heterocycles. The summed E-state index contributed by atoms with van der Waals surface area (Å²) in [6.45, 7) is 3.72. The number of likely N-dealkylation sites (tertiary alicyclic amines) is 1. The first-order valence-electron chi connectivity index (χ1n) is 5.71. The SMILES string of the molecule is C#CONC(CC)[C@H]1CC[C@H](C(C)=O)N1C. The fourth-order valence-corrected chi connectivity index (χ4v) is 2.49. The zero-order valence-corrected chi connectivity index (χ0v) is 10.2. The maximum Gasteiger partial charge on any atom is 0.146 e. The van der Waals surface area contributed by atoms with Gasteiger partial charge in [0.25, 0.3) is 0 Å². The second kappa shape index (κ2) is 5.88. The van der Waals surface area contributed by atoms with Gasteiger partial charge in [0.1, 0.15) is 11.9 Å². The van der Waals surface area contributed by atoms with Crippen molar-refractivity contribution in [1.29, 1.82) is 0 Å². The molecule has 0 saturated carbocycles. The number of nitrogens with zero attached hydrogens (tertiary/aromatic N) is 1. The molecule has 90 valence electrons. The molecule has 4 nitrogen and oxygen atoms in total. The van der Waals surface area contributed by atoms with Gasteiger partial charge >= 0.3 is 0 Å². The normalized spacial score (nSPS) is 27.4. The Bertz CT molecular complexity index is 285. The summed E-state index contributed by atoms with van der Waals surface area (Å²) >= 11 is 0. The summed E-state index contributed by atoms with van der Waals surface area (Å²) in [7, 11) is 1.99. The van der Waals surface area contributed by atoms with E-state index in [2.05, 4.69) is 23.4 Å². The molecule has 1 fully saturated rings. The first kappa shape index (κ1) is 13.0. The third-order valence-electron chi connectivity index (χ3n) is 3.39. The maximum absolute atomic E-state index is 11.4. The van der Waals surface area contributed by atoms with Crippen LogP contribution in [0.2, 0.25) is 0 Å². The lowest BCUT2D eigenvalue weighted by atomic mass is 10.0. The first-order valence-corrected chi connectivity index (χ1v) is 5.71. The van der Waals surface area contributed by atoms with Crippen LogP contribution >= 0.6 is 0 Å². The molecule has 16 heavy (non-hydrogen) atoms. The summed E-state index contributed by atoms with van der Waals surface area (Å²) in [6.07, 6.45) is 9.99. The minimum atomic E-state index is 0.0479. The van der Waals surface area contributed by atoms with Crippen molar-refractivity contribution in [2.75, 3.05) is 7.05 Å². The summed E-state index contributed by atoms with van der Waals surface area (Å²) in [4.78, 5) is 18.3. The highest BCUT2D eigenvalue weighted by Crippen LogP contribution is 2.26. The van der Waals surface area contributed by atoms with E-state index in [0.29, 0.717) is 6.04 Å². The Morgan fingerprint density at radius 3 is 2.81 bits per heavy atom. The Hall–Kier alpha value is -1.05. The summed E-state index contributed by atoms with van der Waals surface area (Å²) in [5.41, 5.74) is 2.86. The van der Waals surface area contributed by atoms with Crippen LogP contribution in [-0.4, -0.2) is 35.9 Å². The van der Waals surface area contributed by atoms with Crippen molar-refractivity contribution in [2.24, 2.45) is 0 Å². The van der Waals surface area contributed by atoms with Crippen LogP contribution < -0.4 is 5.48 Å². The van der Waals surface area contributed by atoms with Crippen molar-refractivity contribution in [1.82, 2.24) is 10.4 Å². The van der Waals surface area contributed by atoms with Gasteiger partial charge in [0, 0.05) is 6.04 Å². The molecule has 0 radical (unpaired) electrons. The molecule has 1 unspecified atom stereocenters. The number of rotatable bonds is 5. The van der Waals surface area contributed by atoms with Gasteiger partial charge in [-0.2, -0.15) is 0 Å². The fourth-order valence-electron chi connectivity index (χ4n) is 2.49. The van der Waals surface area contributed by atoms with Gasteiger partial charge in [0.15, 0.2) is 0 Å². The Morgan fingerprint density at radius 1 is 1.69 bits per heavy atom. The molecule has 0 amide bonds. The lowest BCUT2D eigenvalue weighted by Gasteiger charge is -2.30. The predicted molar refractivity (Wildman–Crippen MR) is 62.4 cm³/mol. The van der Waals surface area contributed by atoms with E-state index < -0.39 is 0 Å². The minimum absolute atomic E-state index is 0.0479. The number of nitrogens with one attached hydrogen (secondary N) is 1. The molecule has 1 saturated heterocycles. The molecule has 1 aliphatic heterocycles. The van der Waals surface area contributed by atoms with Gasteiger partial charge in [-0.15, -0.1) is 5.48 Å². The van der Waals surface area contributed by atoms with Crippen LogP contribution in [0.3, 0.4) is 0 Å². The molecule has 0 bridgehead atoms. The van der Waals surface area contributed by atoms with Crippen LogP contribution in [0.1, 0.15) is 33.1 Å². The van der Waals surface area contributed by atoms with Gasteiger partial charge < -0.3 is 4.84 Å². The van der Waals surface area contributed by atoms with Crippen LogP contribution in [-0.2, 0) is 9.63 Å². The number of hydrogen-bond donors (Lipinski definition) is 1. The molecule has 0 aromatic heterocycles. The smallest absolute Gasteiger partial charge is 0.146 e. The lowest BCUT2D eigenvalue weighted by Crippen LogP contribution is -2.48. The Balaban J connectivity index is 2.60. The average Bonchev–Trinajstić information content (AvgIpc) is 2.62. The van der Waals surface area contributed by atoms with Crippen molar-refractivity contribution in [2.45, 2.75) is 51.2 Å². The molecular formula is C12H20N2O2. The highest BCUT2D eigenvalue weighted by Gasteiger charge is 2.37. The quantitative estimate of drug-likeness (QED) is 0.557. The number of terminal acetylenes is 1. The molecule has 1 aliphatic rings. The molecular weight excluding hydrogens is 204 g/mol. The fraction of sp³-hybridized carbons (Fsp3) is 0.750. The van der Waals surface area contributed by atoms with Crippen molar-refractivity contribution >= 4 is 5.78 Å². The van der Waals surface area contributed by atoms with Crippen LogP contribution in [0.4, 0.5) is 0 Å². The third kappa shape index (κ3) is 2.75. The van der Waals surface area contributed by atoms with Crippen LogP contribution in [0.5, 0.6) is 0 Å². The molecule has 0 aromatic carbocycles. The van der Waals surface area contributed by atoms with Crippen molar-refractivity contribution in [3.8, 4) is 12.5 Å². The van der Waals surface area contributed by atoms with Crippen LogP contribution in [0, 0.1) is 12.5 Å². The Morgan fingerprint density at radius 2 is 2.38 bits per heavy atom. The standard InChI is InChI=1S/C12H20N2O2/c1-5-10(13-16-6-2)12-8-7-11(9(3)15)14(12)4/h2,10-13H,5,7-8H2,1,3-4H3/t10?,11-,12-/m1/s1. The van der Waals surface area contributed by atoms with Gasteiger partial charge in [-0.3, -0.25) is 9.69 Å². The lowest BCUT2D eigenvalue weighted by molar-refractivity contribution is -0.121. The van der Waals surface area contributed by atoms with Crippen molar-refractivity contribution in [3.63, 3.8) is 0 Å². The number of ketones is 1. The molecule has 1 N–H and O–H groups in total. The minimum Gasteiger partial charge on any atom is -0.356 e. The third-order valence-corrected chi connectivity index (χ3v) is 3.39. The average molecular weight is 224 g/mol. The number of likely N-dealkylation sites (N-methyl/N-ethyl adjacent to an activating group) is 1. The van der Waals surface area contributed by atoms with Crippen molar-refractivity contribution < 1.29 is 9.63 Å². The highest BCUT2D eigenvalue weighted by molar-refractivity contribution is 5.81. The molecule has 0 spiro atoms. The summed E-state index contributed by atoms with van der Waals surface area (Å²) in [6, 6.07) is 0.532. The molecule has 4 heteroatoms. The number of hydroxylamine groups is 1. The molecule has 0 aromatic rings. The largest absolute Gasteiger partial charge is 0.356 e. The van der Waals surface area contributed by atoms with Gasteiger partial charge in [0.05, 0.1) is 12.1 Å². The summed E-state index contributed by atoms with van der Waals surface area (Å²) in [5, 5.41) is 0. The Kier molecular flexibility index (Phi) is 4.78. The van der Waals surface area contributed by atoms with Gasteiger partial charge in [-0.1, -0.05) is 13.3 Å². The monoisotopic (exact) mass is 224 g/mol. The summed E-state index contributed by atoms with van der Waals surface area (Å²) < 4.78 is 0. The maximum atomic E-state index is 11.4. The second-order valence-corrected chi connectivity index (χ2v) is 4.29. The highest BCUT2D eigenvalue weighted by atomic mass is 16.6. The van der Waals surface area contributed by atoms with E-state index in [1.165, 1.54) is 0 Å². The van der Waals surface area contributed by atoms with E-state index in [1.807, 2.05) is 7.05 Å². The molecule has 3 atom stereocenters. The molecule has 1 rings (SSSR count). The van der Waals surface area contributed by atoms with Gasteiger partial charge in [-0.25, -0.2) is 0 Å². The number of carbonyl (C=O) groups is 1. The Labute approximate surface area is 97.3 Å².